The molecule has 1 aromatic rings. The van der Waals surface area contributed by atoms with Crippen molar-refractivity contribution >= 4 is 11.8 Å². The zero-order valence-electron chi connectivity index (χ0n) is 11.9. The number of furan rings is 1. The summed E-state index contributed by atoms with van der Waals surface area (Å²) in [6.07, 6.45) is 3.67. The van der Waals surface area contributed by atoms with Crippen molar-refractivity contribution in [3.05, 3.63) is 23.7 Å². The maximum Gasteiger partial charge on any atom is 0.284 e. The number of hydrogen-bond donors (Lipinski definition) is 1. The van der Waals surface area contributed by atoms with Gasteiger partial charge < -0.3 is 4.42 Å². The third kappa shape index (κ3) is 4.46. The second-order valence-electron chi connectivity index (χ2n) is 5.31. The topological polar surface area (TPSA) is 28.4 Å². The number of hydrazine groups is 1. The van der Waals surface area contributed by atoms with Crippen LogP contribution in [0, 0.1) is 0 Å². The van der Waals surface area contributed by atoms with E-state index in [1.54, 1.807) is 6.07 Å². The molecule has 1 aromatic heterocycles. The van der Waals surface area contributed by atoms with Gasteiger partial charge in [-0.1, -0.05) is 18.2 Å². The molecule has 1 aliphatic heterocycles. The smallest absolute Gasteiger partial charge is 0.284 e. The molecule has 1 aliphatic rings. The van der Waals surface area contributed by atoms with Crippen LogP contribution < -0.4 is 5.43 Å². The summed E-state index contributed by atoms with van der Waals surface area (Å²) in [5, 5.41) is 2.28. The molecule has 2 atom stereocenters. The van der Waals surface area contributed by atoms with Crippen molar-refractivity contribution in [2.24, 2.45) is 0 Å². The highest BCUT2D eigenvalue weighted by molar-refractivity contribution is 7.98. The normalized spacial score (nSPS) is 24.4. The average molecular weight is 304 g/mol. The first kappa shape index (κ1) is 15.8. The van der Waals surface area contributed by atoms with E-state index >= 15 is 0 Å². The zero-order valence-corrected chi connectivity index (χ0v) is 12.8. The minimum absolute atomic E-state index is 0.216. The first-order valence-electron chi connectivity index (χ1n) is 7.05. The molecular weight excluding hydrogens is 282 g/mol. The molecule has 0 saturated carbocycles. The Hall–Kier alpha value is -0.590. The molecule has 0 aromatic carbocycles. The van der Waals surface area contributed by atoms with Gasteiger partial charge in [0.2, 0.25) is 0 Å². The molecule has 3 nitrogen and oxygen atoms in total. The van der Waals surface area contributed by atoms with Gasteiger partial charge in [-0.25, -0.2) is 10.4 Å². The number of hydrogen-bond acceptors (Lipinski definition) is 4. The summed E-state index contributed by atoms with van der Waals surface area (Å²) >= 11 is 0.587. The number of nitrogens with zero attached hydrogens (tertiary/aromatic N) is 1. The van der Waals surface area contributed by atoms with Crippen molar-refractivity contribution < 1.29 is 13.2 Å². The Labute approximate surface area is 123 Å². The van der Waals surface area contributed by atoms with Gasteiger partial charge in [0, 0.05) is 12.1 Å². The molecule has 1 N–H and O–H groups in total. The summed E-state index contributed by atoms with van der Waals surface area (Å²) in [6.45, 7) is 5.04. The zero-order chi connectivity index (χ0) is 14.5. The maximum absolute atomic E-state index is 12.1. The van der Waals surface area contributed by atoms with Gasteiger partial charge in [0.1, 0.15) is 11.5 Å². The first-order valence-corrected chi connectivity index (χ1v) is 8.10. The third-order valence-electron chi connectivity index (χ3n) is 3.70. The van der Waals surface area contributed by atoms with E-state index in [1.165, 1.54) is 19.3 Å². The number of thioether (sulfide) groups is 1. The fraction of sp³-hybridized carbons (Fsp3) is 0.714. The molecule has 2 rings (SSSR count). The second kappa shape index (κ2) is 7.43. The van der Waals surface area contributed by atoms with E-state index in [0.29, 0.717) is 36.2 Å². The predicted molar refractivity (Wildman–Crippen MR) is 77.5 cm³/mol. The van der Waals surface area contributed by atoms with Gasteiger partial charge in [-0.05, 0) is 38.8 Å². The second-order valence-corrected chi connectivity index (χ2v) is 6.29. The summed E-state index contributed by atoms with van der Waals surface area (Å²) in [6, 6.07) is 4.66. The van der Waals surface area contributed by atoms with E-state index in [4.69, 9.17) is 4.42 Å². The van der Waals surface area contributed by atoms with Crippen LogP contribution >= 0.6 is 11.8 Å². The van der Waals surface area contributed by atoms with Crippen molar-refractivity contribution in [2.75, 3.05) is 0 Å². The Morgan fingerprint density at radius 1 is 1.30 bits per heavy atom. The van der Waals surface area contributed by atoms with Crippen molar-refractivity contribution in [2.45, 2.75) is 63.2 Å². The van der Waals surface area contributed by atoms with Crippen LogP contribution in [0.25, 0.3) is 0 Å². The third-order valence-corrected chi connectivity index (χ3v) is 4.40. The lowest BCUT2D eigenvalue weighted by Gasteiger charge is -2.38. The van der Waals surface area contributed by atoms with Crippen molar-refractivity contribution in [3.8, 4) is 0 Å². The standard InChI is InChI=1S/C14H22F2N2OS/c1-10-4-3-5-11(2)18(10)17-8-12-6-7-13(19-12)9-20-14(15)16/h6-7,10-11,14,17H,3-5,8-9H2,1-2H3. The quantitative estimate of drug-likeness (QED) is 0.860. The molecule has 20 heavy (non-hydrogen) atoms. The minimum atomic E-state index is -2.35. The molecular formula is C14H22F2N2OS. The lowest BCUT2D eigenvalue weighted by atomic mass is 10.00. The van der Waals surface area contributed by atoms with Gasteiger partial charge in [-0.15, -0.1) is 0 Å². The van der Waals surface area contributed by atoms with Gasteiger partial charge in [0.25, 0.3) is 5.76 Å². The summed E-state index contributed by atoms with van der Waals surface area (Å²) in [5.74, 6) is -0.739. The molecule has 1 saturated heterocycles. The lowest BCUT2D eigenvalue weighted by molar-refractivity contribution is 0.0411. The first-order chi connectivity index (χ1) is 9.56. The number of nitrogens with one attached hydrogen (secondary N) is 1. The Kier molecular flexibility index (Phi) is 5.86. The van der Waals surface area contributed by atoms with Crippen LogP contribution in [0.5, 0.6) is 0 Å². The van der Waals surface area contributed by atoms with Crippen LogP contribution in [-0.2, 0) is 12.3 Å². The van der Waals surface area contributed by atoms with Crippen LogP contribution in [0.4, 0.5) is 8.78 Å². The van der Waals surface area contributed by atoms with Gasteiger partial charge in [0.15, 0.2) is 0 Å². The van der Waals surface area contributed by atoms with E-state index in [9.17, 15) is 8.78 Å². The molecule has 0 bridgehead atoms. The highest BCUT2D eigenvalue weighted by atomic mass is 32.2. The van der Waals surface area contributed by atoms with Crippen LogP contribution in [0.3, 0.4) is 0 Å². The van der Waals surface area contributed by atoms with Gasteiger partial charge in [-0.3, -0.25) is 0 Å². The Morgan fingerprint density at radius 2 is 1.95 bits per heavy atom. The van der Waals surface area contributed by atoms with Crippen LogP contribution in [0.2, 0.25) is 0 Å². The largest absolute Gasteiger partial charge is 0.464 e. The van der Waals surface area contributed by atoms with Crippen LogP contribution in [0.15, 0.2) is 16.5 Å². The molecule has 2 heterocycles. The lowest BCUT2D eigenvalue weighted by Crippen LogP contribution is -2.51. The van der Waals surface area contributed by atoms with Gasteiger partial charge >= 0.3 is 0 Å². The van der Waals surface area contributed by atoms with E-state index in [-0.39, 0.29) is 5.75 Å². The number of rotatable bonds is 6. The molecule has 0 radical (unpaired) electrons. The molecule has 114 valence electrons. The van der Waals surface area contributed by atoms with Gasteiger partial charge in [-0.2, -0.15) is 8.78 Å². The molecule has 2 unspecified atom stereocenters. The van der Waals surface area contributed by atoms with Crippen LogP contribution in [0.1, 0.15) is 44.6 Å². The fourth-order valence-electron chi connectivity index (χ4n) is 2.64. The van der Waals surface area contributed by atoms with Crippen molar-refractivity contribution in [3.63, 3.8) is 0 Å². The Bertz CT molecular complexity index is 404. The number of alkyl halides is 2. The van der Waals surface area contributed by atoms with Crippen LogP contribution in [-0.4, -0.2) is 22.9 Å². The fourth-order valence-corrected chi connectivity index (χ4v) is 3.09. The van der Waals surface area contributed by atoms with Crippen molar-refractivity contribution in [1.82, 2.24) is 10.4 Å². The average Bonchev–Trinajstić information content (AvgIpc) is 2.84. The van der Waals surface area contributed by atoms with Gasteiger partial charge in [0.05, 0.1) is 12.3 Å². The Morgan fingerprint density at radius 3 is 2.60 bits per heavy atom. The predicted octanol–water partition coefficient (Wildman–Crippen LogP) is 4.00. The Balaban J connectivity index is 1.81. The summed E-state index contributed by atoms with van der Waals surface area (Å²) < 4.78 is 29.8. The summed E-state index contributed by atoms with van der Waals surface area (Å²) in [5.41, 5.74) is 3.40. The monoisotopic (exact) mass is 304 g/mol. The maximum atomic E-state index is 12.1. The summed E-state index contributed by atoms with van der Waals surface area (Å²) in [4.78, 5) is 0. The number of piperidine rings is 1. The molecule has 0 spiro atoms. The highest BCUT2D eigenvalue weighted by Gasteiger charge is 2.24. The molecule has 1 fully saturated rings. The minimum Gasteiger partial charge on any atom is -0.464 e. The SMILES string of the molecule is CC1CCCC(C)N1NCc1ccc(CSC(F)F)o1. The summed E-state index contributed by atoms with van der Waals surface area (Å²) in [7, 11) is 0. The molecule has 0 aliphatic carbocycles. The van der Waals surface area contributed by atoms with E-state index < -0.39 is 5.76 Å². The molecule has 6 heteroatoms. The number of halogens is 2. The molecule has 0 amide bonds. The van der Waals surface area contributed by atoms with Crippen molar-refractivity contribution in [1.29, 1.82) is 0 Å². The van der Waals surface area contributed by atoms with E-state index in [1.807, 2.05) is 6.07 Å². The highest BCUT2D eigenvalue weighted by Crippen LogP contribution is 2.22. The van der Waals surface area contributed by atoms with E-state index in [0.717, 1.165) is 5.76 Å². The van der Waals surface area contributed by atoms with E-state index in [2.05, 4.69) is 24.3 Å².